The number of amidine groups is 1. The van der Waals surface area contributed by atoms with Crippen LogP contribution in [0.15, 0.2) is 23.2 Å². The molecule has 1 aromatic rings. The molecule has 1 aromatic carbocycles. The Balaban J connectivity index is 2.24. The maximum Gasteiger partial charge on any atom is 0.148 e. The molecule has 0 atom stereocenters. The van der Waals surface area contributed by atoms with Crippen LogP contribution in [0, 0.1) is 5.92 Å². The number of nitrogens with zero attached hydrogens (tertiary/aromatic N) is 1. The summed E-state index contributed by atoms with van der Waals surface area (Å²) < 4.78 is 10.5. The van der Waals surface area contributed by atoms with Gasteiger partial charge in [0, 0.05) is 12.0 Å². The normalized spacial score (nSPS) is 16.9. The number of aliphatic imine (C=N–C) groups is 1. The minimum atomic E-state index is 0.428. The summed E-state index contributed by atoms with van der Waals surface area (Å²) in [6.07, 6.45) is 4.79. The highest BCUT2D eigenvalue weighted by atomic mass is 16.5. The first-order chi connectivity index (χ1) is 8.74. The summed E-state index contributed by atoms with van der Waals surface area (Å²) in [5.41, 5.74) is 6.83. The van der Waals surface area contributed by atoms with Crippen LogP contribution in [0.25, 0.3) is 0 Å². The summed E-state index contributed by atoms with van der Waals surface area (Å²) in [6, 6.07) is 5.56. The molecule has 98 valence electrons. The van der Waals surface area contributed by atoms with Gasteiger partial charge in [0.1, 0.15) is 23.0 Å². The van der Waals surface area contributed by atoms with Crippen molar-refractivity contribution in [3.8, 4) is 11.5 Å². The predicted octanol–water partition coefficient (Wildman–Crippen LogP) is 2.88. The first-order valence-electron chi connectivity index (χ1n) is 6.30. The second-order valence-electron chi connectivity index (χ2n) is 4.56. The molecule has 1 aliphatic carbocycles. The minimum absolute atomic E-state index is 0.428. The summed E-state index contributed by atoms with van der Waals surface area (Å²) in [6.45, 7) is 0. The zero-order valence-corrected chi connectivity index (χ0v) is 11.0. The van der Waals surface area contributed by atoms with Crippen molar-refractivity contribution in [1.29, 1.82) is 0 Å². The maximum atomic E-state index is 6.07. The van der Waals surface area contributed by atoms with Crippen LogP contribution >= 0.6 is 0 Å². The van der Waals surface area contributed by atoms with Crippen molar-refractivity contribution < 1.29 is 9.47 Å². The maximum absolute atomic E-state index is 6.07. The first-order valence-corrected chi connectivity index (χ1v) is 6.30. The highest BCUT2D eigenvalue weighted by Crippen LogP contribution is 2.33. The lowest BCUT2D eigenvalue weighted by Crippen LogP contribution is -2.20. The molecule has 4 heteroatoms. The number of benzene rings is 1. The summed E-state index contributed by atoms with van der Waals surface area (Å²) >= 11 is 0. The van der Waals surface area contributed by atoms with Crippen LogP contribution in [-0.2, 0) is 0 Å². The Morgan fingerprint density at radius 1 is 1.22 bits per heavy atom. The molecule has 2 rings (SSSR count). The fourth-order valence-electron chi connectivity index (χ4n) is 2.33. The zero-order valence-electron chi connectivity index (χ0n) is 11.0. The van der Waals surface area contributed by atoms with Crippen molar-refractivity contribution in [1.82, 2.24) is 0 Å². The topological polar surface area (TPSA) is 56.8 Å². The SMILES string of the molecule is COc1ccc(N=C(N)C2CCCC2)c(OC)c1. The molecule has 0 bridgehead atoms. The third-order valence-electron chi connectivity index (χ3n) is 3.41. The van der Waals surface area contributed by atoms with Gasteiger partial charge in [0.05, 0.1) is 14.2 Å². The van der Waals surface area contributed by atoms with Crippen molar-refractivity contribution >= 4 is 11.5 Å². The average molecular weight is 248 g/mol. The van der Waals surface area contributed by atoms with Gasteiger partial charge in [0.15, 0.2) is 0 Å². The van der Waals surface area contributed by atoms with Gasteiger partial charge in [0.2, 0.25) is 0 Å². The Kier molecular flexibility index (Phi) is 4.07. The number of hydrogen-bond donors (Lipinski definition) is 1. The van der Waals surface area contributed by atoms with Crippen molar-refractivity contribution in [2.75, 3.05) is 14.2 Å². The van der Waals surface area contributed by atoms with Gasteiger partial charge in [-0.05, 0) is 25.0 Å². The van der Waals surface area contributed by atoms with Crippen molar-refractivity contribution in [2.24, 2.45) is 16.6 Å². The highest BCUT2D eigenvalue weighted by molar-refractivity contribution is 5.86. The zero-order chi connectivity index (χ0) is 13.0. The lowest BCUT2D eigenvalue weighted by molar-refractivity contribution is 0.395. The van der Waals surface area contributed by atoms with Crippen LogP contribution in [0.1, 0.15) is 25.7 Å². The fraction of sp³-hybridized carbons (Fsp3) is 0.500. The van der Waals surface area contributed by atoms with E-state index in [1.54, 1.807) is 14.2 Å². The van der Waals surface area contributed by atoms with E-state index in [1.807, 2.05) is 18.2 Å². The summed E-state index contributed by atoms with van der Waals surface area (Å²) in [5, 5.41) is 0. The van der Waals surface area contributed by atoms with E-state index >= 15 is 0 Å². The Bertz CT molecular complexity index is 437. The lowest BCUT2D eigenvalue weighted by atomic mass is 10.1. The molecule has 4 nitrogen and oxygen atoms in total. The summed E-state index contributed by atoms with van der Waals surface area (Å²) in [4.78, 5) is 4.50. The molecule has 18 heavy (non-hydrogen) atoms. The molecule has 0 aliphatic heterocycles. The second kappa shape index (κ2) is 5.76. The van der Waals surface area contributed by atoms with E-state index in [4.69, 9.17) is 15.2 Å². The van der Waals surface area contributed by atoms with Gasteiger partial charge in [-0.15, -0.1) is 0 Å². The molecule has 1 fully saturated rings. The molecule has 1 aliphatic rings. The van der Waals surface area contributed by atoms with Gasteiger partial charge in [-0.1, -0.05) is 12.8 Å². The van der Waals surface area contributed by atoms with E-state index in [1.165, 1.54) is 12.8 Å². The predicted molar refractivity (Wildman–Crippen MR) is 72.8 cm³/mol. The van der Waals surface area contributed by atoms with E-state index in [0.717, 1.165) is 30.1 Å². The summed E-state index contributed by atoms with van der Waals surface area (Å²) in [7, 11) is 3.25. The van der Waals surface area contributed by atoms with E-state index in [9.17, 15) is 0 Å². The minimum Gasteiger partial charge on any atom is -0.497 e. The van der Waals surface area contributed by atoms with E-state index in [2.05, 4.69) is 4.99 Å². The Hall–Kier alpha value is -1.71. The molecule has 0 aromatic heterocycles. The molecule has 2 N–H and O–H groups in total. The third-order valence-corrected chi connectivity index (χ3v) is 3.41. The van der Waals surface area contributed by atoms with Gasteiger partial charge in [-0.3, -0.25) is 0 Å². The monoisotopic (exact) mass is 248 g/mol. The van der Waals surface area contributed by atoms with Crippen molar-refractivity contribution in [2.45, 2.75) is 25.7 Å². The molecule has 0 radical (unpaired) electrons. The lowest BCUT2D eigenvalue weighted by Gasteiger charge is -2.11. The Morgan fingerprint density at radius 3 is 2.56 bits per heavy atom. The largest absolute Gasteiger partial charge is 0.497 e. The summed E-state index contributed by atoms with van der Waals surface area (Å²) in [5.74, 6) is 2.59. The van der Waals surface area contributed by atoms with Gasteiger partial charge in [0.25, 0.3) is 0 Å². The standard InChI is InChI=1S/C14H20N2O2/c1-17-11-7-8-12(13(9-11)18-2)16-14(15)10-5-3-4-6-10/h7-10H,3-6H2,1-2H3,(H2,15,16). The average Bonchev–Trinajstić information content (AvgIpc) is 2.93. The molecule has 0 heterocycles. The van der Waals surface area contributed by atoms with Gasteiger partial charge >= 0.3 is 0 Å². The Morgan fingerprint density at radius 2 is 1.94 bits per heavy atom. The van der Waals surface area contributed by atoms with E-state index in [0.29, 0.717) is 11.7 Å². The smallest absolute Gasteiger partial charge is 0.148 e. The highest BCUT2D eigenvalue weighted by Gasteiger charge is 2.19. The van der Waals surface area contributed by atoms with E-state index in [-0.39, 0.29) is 0 Å². The molecular weight excluding hydrogens is 228 g/mol. The number of nitrogens with two attached hydrogens (primary N) is 1. The first kappa shape index (κ1) is 12.7. The number of ether oxygens (including phenoxy) is 2. The fourth-order valence-corrected chi connectivity index (χ4v) is 2.33. The molecule has 0 amide bonds. The quantitative estimate of drug-likeness (QED) is 0.658. The van der Waals surface area contributed by atoms with Crippen molar-refractivity contribution in [3.05, 3.63) is 18.2 Å². The molecular formula is C14H20N2O2. The van der Waals surface area contributed by atoms with Crippen LogP contribution in [0.2, 0.25) is 0 Å². The molecule has 0 saturated heterocycles. The van der Waals surface area contributed by atoms with Crippen molar-refractivity contribution in [3.63, 3.8) is 0 Å². The van der Waals surface area contributed by atoms with Crippen LogP contribution in [-0.4, -0.2) is 20.1 Å². The number of hydrogen-bond acceptors (Lipinski definition) is 3. The van der Waals surface area contributed by atoms with Gasteiger partial charge in [-0.25, -0.2) is 4.99 Å². The Labute approximate surface area is 108 Å². The van der Waals surface area contributed by atoms with Crippen LogP contribution in [0.4, 0.5) is 5.69 Å². The number of rotatable bonds is 4. The molecule has 1 saturated carbocycles. The third kappa shape index (κ3) is 2.75. The second-order valence-corrected chi connectivity index (χ2v) is 4.56. The van der Waals surface area contributed by atoms with E-state index < -0.39 is 0 Å². The van der Waals surface area contributed by atoms with Crippen LogP contribution in [0.3, 0.4) is 0 Å². The number of methoxy groups -OCH3 is 2. The van der Waals surface area contributed by atoms with Gasteiger partial charge in [-0.2, -0.15) is 0 Å². The van der Waals surface area contributed by atoms with Crippen LogP contribution in [0.5, 0.6) is 11.5 Å². The molecule has 0 unspecified atom stereocenters. The molecule has 0 spiro atoms. The van der Waals surface area contributed by atoms with Crippen LogP contribution < -0.4 is 15.2 Å². The van der Waals surface area contributed by atoms with Gasteiger partial charge < -0.3 is 15.2 Å².